The number of nitriles is 1. The third kappa shape index (κ3) is 5.58. The van der Waals surface area contributed by atoms with Crippen molar-refractivity contribution in [2.75, 3.05) is 6.61 Å². The Bertz CT molecular complexity index is 806. The highest BCUT2D eigenvalue weighted by Crippen LogP contribution is 2.32. The van der Waals surface area contributed by atoms with Gasteiger partial charge in [0.1, 0.15) is 17.4 Å². The van der Waals surface area contributed by atoms with Crippen LogP contribution in [0.5, 0.6) is 5.75 Å². The molecule has 0 aromatic heterocycles. The number of carbonyl (C=O) groups excluding carboxylic acids is 1. The number of halogens is 2. The lowest BCUT2D eigenvalue weighted by Gasteiger charge is -2.10. The average molecular weight is 511 g/mol. The minimum atomic E-state index is -0.397. The van der Waals surface area contributed by atoms with Crippen molar-refractivity contribution in [2.24, 2.45) is 0 Å². The third-order valence-corrected chi connectivity index (χ3v) is 4.67. The maximum Gasteiger partial charge on any atom is 0.262 e. The highest BCUT2D eigenvalue weighted by atomic mass is 127. The van der Waals surface area contributed by atoms with Crippen LogP contribution < -0.4 is 10.1 Å². The highest BCUT2D eigenvalue weighted by Gasteiger charge is 2.12. The van der Waals surface area contributed by atoms with Crippen LogP contribution in [0.4, 0.5) is 0 Å². The average Bonchev–Trinajstić information content (AvgIpc) is 2.61. The molecule has 0 unspecified atom stereocenters. The summed E-state index contributed by atoms with van der Waals surface area (Å²) in [7, 11) is 0. The molecule has 2 aromatic rings. The lowest BCUT2D eigenvalue weighted by molar-refractivity contribution is -0.117. The van der Waals surface area contributed by atoms with E-state index in [4.69, 9.17) is 4.74 Å². The van der Waals surface area contributed by atoms with Crippen molar-refractivity contribution < 1.29 is 9.53 Å². The van der Waals surface area contributed by atoms with Crippen LogP contribution in [0.3, 0.4) is 0 Å². The molecule has 2 rings (SSSR count). The van der Waals surface area contributed by atoms with Gasteiger partial charge in [-0.25, -0.2) is 0 Å². The molecule has 0 bridgehead atoms. The molecule has 0 saturated carbocycles. The van der Waals surface area contributed by atoms with Crippen molar-refractivity contribution in [2.45, 2.75) is 13.5 Å². The summed E-state index contributed by atoms with van der Waals surface area (Å²) in [5, 5.41) is 12.1. The van der Waals surface area contributed by atoms with E-state index in [1.807, 2.05) is 55.5 Å². The van der Waals surface area contributed by atoms with E-state index in [2.05, 4.69) is 43.8 Å². The fraction of sp³-hybridized carbons (Fsp3) is 0.158. The first-order valence-electron chi connectivity index (χ1n) is 7.61. The van der Waals surface area contributed by atoms with Crippen molar-refractivity contribution >= 4 is 50.5 Å². The van der Waals surface area contributed by atoms with Gasteiger partial charge in [-0.2, -0.15) is 5.26 Å². The normalized spacial score (nSPS) is 10.9. The fourth-order valence-corrected chi connectivity index (χ4v) is 3.90. The Labute approximate surface area is 169 Å². The van der Waals surface area contributed by atoms with Gasteiger partial charge in [-0.05, 0) is 74.8 Å². The lowest BCUT2D eigenvalue weighted by atomic mass is 10.1. The van der Waals surface area contributed by atoms with Gasteiger partial charge in [0.15, 0.2) is 0 Å². The summed E-state index contributed by atoms with van der Waals surface area (Å²) in [6.45, 7) is 2.86. The first-order valence-corrected chi connectivity index (χ1v) is 9.48. The van der Waals surface area contributed by atoms with Crippen LogP contribution in [0.15, 0.2) is 52.5 Å². The van der Waals surface area contributed by atoms with Crippen LogP contribution in [0.1, 0.15) is 18.1 Å². The molecule has 0 radical (unpaired) electrons. The molecule has 0 fully saturated rings. The Hall–Kier alpha value is -1.85. The number of hydrogen-bond acceptors (Lipinski definition) is 3. The number of nitrogens with one attached hydrogen (secondary N) is 1. The second-order valence-corrected chi connectivity index (χ2v) is 7.10. The summed E-state index contributed by atoms with van der Waals surface area (Å²) in [4.78, 5) is 12.3. The van der Waals surface area contributed by atoms with Crippen LogP contribution in [0, 0.1) is 14.9 Å². The summed E-state index contributed by atoms with van der Waals surface area (Å²) >= 11 is 5.63. The van der Waals surface area contributed by atoms with E-state index in [-0.39, 0.29) is 5.57 Å². The van der Waals surface area contributed by atoms with Crippen molar-refractivity contribution in [3.05, 3.63) is 67.2 Å². The number of nitrogens with zero attached hydrogens (tertiary/aromatic N) is 1. The molecule has 0 aliphatic carbocycles. The molecule has 4 nitrogen and oxygen atoms in total. The summed E-state index contributed by atoms with van der Waals surface area (Å²) in [6.07, 6.45) is 1.57. The van der Waals surface area contributed by atoms with Gasteiger partial charge >= 0.3 is 0 Å². The minimum absolute atomic E-state index is 0.0581. The zero-order chi connectivity index (χ0) is 18.2. The Morgan fingerprint density at radius 3 is 2.68 bits per heavy atom. The summed E-state index contributed by atoms with van der Waals surface area (Å²) < 4.78 is 7.26. The monoisotopic (exact) mass is 510 g/mol. The number of rotatable bonds is 6. The Morgan fingerprint density at radius 2 is 2.08 bits per heavy atom. The van der Waals surface area contributed by atoms with Gasteiger partial charge in [-0.3, -0.25) is 4.79 Å². The highest BCUT2D eigenvalue weighted by molar-refractivity contribution is 14.1. The van der Waals surface area contributed by atoms with Crippen molar-refractivity contribution in [3.8, 4) is 11.8 Å². The zero-order valence-electron chi connectivity index (χ0n) is 13.6. The van der Waals surface area contributed by atoms with E-state index < -0.39 is 5.91 Å². The van der Waals surface area contributed by atoms with Crippen LogP contribution in [0.2, 0.25) is 0 Å². The maximum atomic E-state index is 12.3. The van der Waals surface area contributed by atoms with E-state index in [1.54, 1.807) is 6.08 Å². The molecular formula is C19H16BrIN2O2. The molecule has 1 amide bonds. The molecule has 0 aliphatic rings. The first-order chi connectivity index (χ1) is 12.0. The molecule has 0 aliphatic heterocycles. The Kier molecular flexibility index (Phi) is 7.47. The first kappa shape index (κ1) is 19.5. The molecule has 0 atom stereocenters. The summed E-state index contributed by atoms with van der Waals surface area (Å²) in [6, 6.07) is 15.2. The van der Waals surface area contributed by atoms with Gasteiger partial charge in [0.05, 0.1) is 14.6 Å². The number of hydrogen-bond donors (Lipinski definition) is 1. The van der Waals surface area contributed by atoms with Crippen molar-refractivity contribution in [3.63, 3.8) is 0 Å². The predicted molar refractivity (Wildman–Crippen MR) is 110 cm³/mol. The van der Waals surface area contributed by atoms with Crippen LogP contribution in [-0.2, 0) is 11.3 Å². The van der Waals surface area contributed by atoms with Crippen LogP contribution in [-0.4, -0.2) is 12.5 Å². The predicted octanol–water partition coefficient (Wildman–Crippen LogP) is 4.68. The van der Waals surface area contributed by atoms with Gasteiger partial charge < -0.3 is 10.1 Å². The molecule has 6 heteroatoms. The molecule has 2 aromatic carbocycles. The van der Waals surface area contributed by atoms with Gasteiger partial charge in [0.2, 0.25) is 0 Å². The fourth-order valence-electron chi connectivity index (χ4n) is 2.13. The minimum Gasteiger partial charge on any atom is -0.492 e. The quantitative estimate of drug-likeness (QED) is 0.349. The maximum absolute atomic E-state index is 12.3. The van der Waals surface area contributed by atoms with Gasteiger partial charge in [0.25, 0.3) is 5.91 Å². The molecule has 1 N–H and O–H groups in total. The number of amides is 1. The lowest BCUT2D eigenvalue weighted by Crippen LogP contribution is -2.23. The van der Waals surface area contributed by atoms with E-state index in [1.165, 1.54) is 0 Å². The molecule has 128 valence electrons. The topological polar surface area (TPSA) is 62.1 Å². The van der Waals surface area contributed by atoms with E-state index in [0.29, 0.717) is 13.2 Å². The number of benzene rings is 2. The SMILES string of the molecule is CCOc1c(Br)cc(/C=C(/C#N)C(=O)NCc2ccccc2)cc1I. The van der Waals surface area contributed by atoms with Crippen LogP contribution in [0.25, 0.3) is 6.08 Å². The largest absolute Gasteiger partial charge is 0.492 e. The second kappa shape index (κ2) is 9.59. The van der Waals surface area contributed by atoms with Crippen molar-refractivity contribution in [1.29, 1.82) is 5.26 Å². The Morgan fingerprint density at radius 1 is 1.36 bits per heavy atom. The molecule has 0 spiro atoms. The molecule has 25 heavy (non-hydrogen) atoms. The molecule has 0 saturated heterocycles. The number of ether oxygens (including phenoxy) is 1. The van der Waals surface area contributed by atoms with E-state index in [9.17, 15) is 10.1 Å². The van der Waals surface area contributed by atoms with Crippen molar-refractivity contribution in [1.82, 2.24) is 5.32 Å². The smallest absolute Gasteiger partial charge is 0.262 e. The van der Waals surface area contributed by atoms with E-state index in [0.717, 1.165) is 24.9 Å². The van der Waals surface area contributed by atoms with E-state index >= 15 is 0 Å². The molecule has 0 heterocycles. The van der Waals surface area contributed by atoms with Gasteiger partial charge in [0, 0.05) is 6.54 Å². The van der Waals surface area contributed by atoms with Gasteiger partial charge in [-0.15, -0.1) is 0 Å². The zero-order valence-corrected chi connectivity index (χ0v) is 17.3. The van der Waals surface area contributed by atoms with Crippen LogP contribution >= 0.6 is 38.5 Å². The Balaban J connectivity index is 2.16. The molecular weight excluding hydrogens is 495 g/mol. The number of carbonyl (C=O) groups is 1. The summed E-state index contributed by atoms with van der Waals surface area (Å²) in [5.74, 6) is 0.360. The third-order valence-electron chi connectivity index (χ3n) is 3.28. The standard InChI is InChI=1S/C19H16BrIN2O2/c1-2-25-18-16(20)9-14(10-17(18)21)8-15(11-22)19(24)23-12-13-6-4-3-5-7-13/h3-10H,2,12H2,1H3,(H,23,24)/b15-8-. The summed E-state index contributed by atoms with van der Waals surface area (Å²) in [5.41, 5.74) is 1.79. The second-order valence-electron chi connectivity index (χ2n) is 5.08. The van der Waals surface area contributed by atoms with Gasteiger partial charge in [-0.1, -0.05) is 30.3 Å².